The lowest BCUT2D eigenvalue weighted by Gasteiger charge is -2.12. The van der Waals surface area contributed by atoms with E-state index in [1.54, 1.807) is 6.07 Å². The molecule has 3 N–H and O–H groups in total. The van der Waals surface area contributed by atoms with Crippen LogP contribution < -0.4 is 11.3 Å². The van der Waals surface area contributed by atoms with Gasteiger partial charge in [-0.15, -0.1) is 0 Å². The highest BCUT2D eigenvalue weighted by Gasteiger charge is 2.27. The van der Waals surface area contributed by atoms with Crippen molar-refractivity contribution in [2.24, 2.45) is 5.84 Å². The molecule has 0 aromatic carbocycles. The molecule has 0 bridgehead atoms. The molecule has 0 amide bonds. The van der Waals surface area contributed by atoms with Crippen LogP contribution in [0.25, 0.3) is 0 Å². The summed E-state index contributed by atoms with van der Waals surface area (Å²) in [5.41, 5.74) is 3.38. The Morgan fingerprint density at radius 2 is 2.00 bits per heavy atom. The smallest absolute Gasteiger partial charge is 0.372 e. The molecule has 21 heavy (non-hydrogen) atoms. The zero-order valence-corrected chi connectivity index (χ0v) is 11.6. The van der Waals surface area contributed by atoms with Crippen LogP contribution in [0.15, 0.2) is 6.07 Å². The Hall–Kier alpha value is -1.41. The summed E-state index contributed by atoms with van der Waals surface area (Å²) in [6, 6.07) is 1.80. The molecule has 118 valence electrons. The molecule has 1 heterocycles. The van der Waals surface area contributed by atoms with Crippen molar-refractivity contribution < 1.29 is 17.9 Å². The van der Waals surface area contributed by atoms with E-state index in [1.165, 1.54) is 12.8 Å². The zero-order chi connectivity index (χ0) is 15.3. The van der Waals surface area contributed by atoms with E-state index in [0.717, 1.165) is 18.5 Å². The van der Waals surface area contributed by atoms with Crippen molar-refractivity contribution in [3.63, 3.8) is 0 Å². The molecular weight excluding hydrogens is 285 g/mol. The second kappa shape index (κ2) is 7.04. The van der Waals surface area contributed by atoms with Crippen molar-refractivity contribution in [1.29, 1.82) is 0 Å². The standard InChI is InChI=1S/C13H19F3N4O/c14-13(15,16)8-21-6-5-11-18-10(7-12(19-11)20-17)9-3-1-2-4-9/h7,9H,1-6,8,17H2,(H,18,19,20). The largest absolute Gasteiger partial charge is 0.411 e. The first-order valence-corrected chi connectivity index (χ1v) is 6.97. The number of ether oxygens (including phenoxy) is 1. The molecule has 0 atom stereocenters. The summed E-state index contributed by atoms with van der Waals surface area (Å²) in [5, 5.41) is 0. The Morgan fingerprint density at radius 1 is 1.29 bits per heavy atom. The number of aromatic nitrogens is 2. The van der Waals surface area contributed by atoms with E-state index in [0.29, 0.717) is 17.6 Å². The third kappa shape index (κ3) is 5.13. The van der Waals surface area contributed by atoms with Gasteiger partial charge < -0.3 is 10.2 Å². The van der Waals surface area contributed by atoms with Crippen LogP contribution in [-0.4, -0.2) is 29.4 Å². The molecule has 0 radical (unpaired) electrons. The Labute approximate surface area is 121 Å². The van der Waals surface area contributed by atoms with Gasteiger partial charge in [-0.3, -0.25) is 0 Å². The number of hydrogen-bond donors (Lipinski definition) is 2. The number of anilines is 1. The van der Waals surface area contributed by atoms with Gasteiger partial charge in [0.05, 0.1) is 6.61 Å². The second-order valence-electron chi connectivity index (χ2n) is 5.14. The number of rotatable bonds is 6. The van der Waals surface area contributed by atoms with Gasteiger partial charge >= 0.3 is 6.18 Å². The molecule has 0 spiro atoms. The van der Waals surface area contributed by atoms with E-state index in [2.05, 4.69) is 20.1 Å². The fraction of sp³-hybridized carbons (Fsp3) is 0.692. The van der Waals surface area contributed by atoms with Crippen LogP contribution in [0.1, 0.15) is 43.1 Å². The van der Waals surface area contributed by atoms with Gasteiger partial charge in [-0.25, -0.2) is 15.8 Å². The fourth-order valence-corrected chi connectivity index (χ4v) is 2.49. The average molecular weight is 304 g/mol. The lowest BCUT2D eigenvalue weighted by atomic mass is 10.0. The van der Waals surface area contributed by atoms with Crippen LogP contribution in [0.3, 0.4) is 0 Å². The van der Waals surface area contributed by atoms with Crippen molar-refractivity contribution >= 4 is 5.82 Å². The van der Waals surface area contributed by atoms with Gasteiger partial charge in [-0.1, -0.05) is 12.8 Å². The van der Waals surface area contributed by atoms with Crippen LogP contribution in [0.4, 0.5) is 19.0 Å². The summed E-state index contributed by atoms with van der Waals surface area (Å²) >= 11 is 0. The van der Waals surface area contributed by atoms with Crippen molar-refractivity contribution in [3.05, 3.63) is 17.6 Å². The first kappa shape index (κ1) is 16.0. The molecule has 0 unspecified atom stereocenters. The number of alkyl halides is 3. The number of nitrogens with one attached hydrogen (secondary N) is 1. The van der Waals surface area contributed by atoms with E-state index in [-0.39, 0.29) is 13.0 Å². The maximum absolute atomic E-state index is 12.0. The predicted octanol–water partition coefficient (Wildman–Crippen LogP) is 2.54. The summed E-state index contributed by atoms with van der Waals surface area (Å²) in [7, 11) is 0. The summed E-state index contributed by atoms with van der Waals surface area (Å²) in [4.78, 5) is 8.58. The Balaban J connectivity index is 1.96. The quantitative estimate of drug-likeness (QED) is 0.480. The topological polar surface area (TPSA) is 73.1 Å². The van der Waals surface area contributed by atoms with Crippen molar-refractivity contribution in [2.75, 3.05) is 18.6 Å². The van der Waals surface area contributed by atoms with Gasteiger partial charge in [0.15, 0.2) is 0 Å². The summed E-state index contributed by atoms with van der Waals surface area (Å²) < 4.78 is 40.5. The van der Waals surface area contributed by atoms with Crippen molar-refractivity contribution in [2.45, 2.75) is 44.2 Å². The number of nitrogens with zero attached hydrogens (tertiary/aromatic N) is 2. The molecule has 1 aliphatic rings. The molecule has 5 nitrogen and oxygen atoms in total. The molecule has 2 rings (SSSR count). The Morgan fingerprint density at radius 3 is 2.62 bits per heavy atom. The van der Waals surface area contributed by atoms with Crippen LogP contribution in [0.2, 0.25) is 0 Å². The molecule has 0 aliphatic heterocycles. The van der Waals surface area contributed by atoms with Crippen molar-refractivity contribution in [1.82, 2.24) is 9.97 Å². The molecular formula is C13H19F3N4O. The first-order valence-electron chi connectivity index (χ1n) is 6.97. The molecule has 0 saturated heterocycles. The Kier molecular flexibility index (Phi) is 5.35. The number of hydrogen-bond acceptors (Lipinski definition) is 5. The fourth-order valence-electron chi connectivity index (χ4n) is 2.49. The second-order valence-corrected chi connectivity index (χ2v) is 5.14. The lowest BCUT2D eigenvalue weighted by molar-refractivity contribution is -0.173. The van der Waals surface area contributed by atoms with Crippen molar-refractivity contribution in [3.8, 4) is 0 Å². The van der Waals surface area contributed by atoms with E-state index >= 15 is 0 Å². The molecule has 1 aromatic rings. The van der Waals surface area contributed by atoms with Crippen LogP contribution >= 0.6 is 0 Å². The highest BCUT2D eigenvalue weighted by atomic mass is 19.4. The normalized spacial score (nSPS) is 16.4. The zero-order valence-electron chi connectivity index (χ0n) is 11.6. The first-order chi connectivity index (χ1) is 9.98. The maximum Gasteiger partial charge on any atom is 0.411 e. The highest BCUT2D eigenvalue weighted by molar-refractivity contribution is 5.35. The Bertz CT molecular complexity index is 461. The molecule has 1 fully saturated rings. The molecule has 1 aromatic heterocycles. The van der Waals surface area contributed by atoms with Gasteiger partial charge in [-0.2, -0.15) is 13.2 Å². The SMILES string of the molecule is NNc1cc(C2CCCC2)nc(CCOCC(F)(F)F)n1. The summed E-state index contributed by atoms with van der Waals surface area (Å²) in [5.74, 6) is 6.70. The minimum Gasteiger partial charge on any atom is -0.372 e. The van der Waals surface area contributed by atoms with E-state index < -0.39 is 12.8 Å². The van der Waals surface area contributed by atoms with Crippen LogP contribution in [-0.2, 0) is 11.2 Å². The monoisotopic (exact) mass is 304 g/mol. The number of nitrogens with two attached hydrogens (primary N) is 1. The maximum atomic E-state index is 12.0. The molecule has 1 saturated carbocycles. The van der Waals surface area contributed by atoms with Crippen LogP contribution in [0, 0.1) is 0 Å². The highest BCUT2D eigenvalue weighted by Crippen LogP contribution is 2.33. The van der Waals surface area contributed by atoms with Gasteiger partial charge in [-0.05, 0) is 12.8 Å². The average Bonchev–Trinajstić information content (AvgIpc) is 2.96. The minimum absolute atomic E-state index is 0.0718. The van der Waals surface area contributed by atoms with E-state index in [4.69, 9.17) is 5.84 Å². The molecule has 8 heteroatoms. The number of nitrogen functional groups attached to an aromatic ring is 1. The van der Waals surface area contributed by atoms with Gasteiger partial charge in [0.2, 0.25) is 0 Å². The van der Waals surface area contributed by atoms with E-state index in [9.17, 15) is 13.2 Å². The van der Waals surface area contributed by atoms with Gasteiger partial charge in [0, 0.05) is 24.1 Å². The molecule has 1 aliphatic carbocycles. The third-order valence-electron chi connectivity index (χ3n) is 3.45. The number of hydrazine groups is 1. The minimum atomic E-state index is -4.31. The van der Waals surface area contributed by atoms with Gasteiger partial charge in [0.25, 0.3) is 0 Å². The summed E-state index contributed by atoms with van der Waals surface area (Å²) in [6.45, 7) is -1.32. The number of halogens is 3. The van der Waals surface area contributed by atoms with Crippen LogP contribution in [0.5, 0.6) is 0 Å². The van der Waals surface area contributed by atoms with Gasteiger partial charge in [0.1, 0.15) is 18.2 Å². The predicted molar refractivity (Wildman–Crippen MR) is 71.6 cm³/mol. The van der Waals surface area contributed by atoms with E-state index in [1.807, 2.05) is 0 Å². The lowest BCUT2D eigenvalue weighted by Crippen LogP contribution is -2.19. The third-order valence-corrected chi connectivity index (χ3v) is 3.45. The summed E-state index contributed by atoms with van der Waals surface area (Å²) in [6.07, 6.45) is 0.409.